The minimum absolute atomic E-state index is 0.110. The number of methoxy groups -OCH3 is 2. The van der Waals surface area contributed by atoms with Gasteiger partial charge in [0.25, 0.3) is 0 Å². The van der Waals surface area contributed by atoms with Crippen molar-refractivity contribution in [2.24, 2.45) is 23.7 Å². The Morgan fingerprint density at radius 1 is 0.783 bits per heavy atom. The van der Waals surface area contributed by atoms with Gasteiger partial charge >= 0.3 is 12.2 Å². The van der Waals surface area contributed by atoms with E-state index in [4.69, 9.17) is 14.5 Å². The fraction of sp³-hybridized carbons (Fsp3) is 0.467. The lowest BCUT2D eigenvalue weighted by Crippen LogP contribution is -2.53. The summed E-state index contributed by atoms with van der Waals surface area (Å²) in [5, 5.41) is 7.33. The molecule has 8 atom stereocenters. The molecule has 2 aliphatic heterocycles. The van der Waals surface area contributed by atoms with Gasteiger partial charge in [0.15, 0.2) is 0 Å². The molecule has 0 bridgehead atoms. The number of carbonyl (C=O) groups excluding carboxylic acids is 4. The maximum Gasteiger partial charge on any atom is 0.407 e. The third-order valence-electron chi connectivity index (χ3n) is 12.9. The molecule has 5 aromatic rings. The Morgan fingerprint density at radius 2 is 1.42 bits per heavy atom. The number of nitrogens with zero attached hydrogens (tertiary/aromatic N) is 4. The van der Waals surface area contributed by atoms with E-state index < -0.39 is 30.1 Å². The van der Waals surface area contributed by atoms with E-state index in [-0.39, 0.29) is 53.7 Å². The van der Waals surface area contributed by atoms with Crippen molar-refractivity contribution >= 4 is 45.8 Å². The van der Waals surface area contributed by atoms with Crippen LogP contribution in [-0.4, -0.2) is 92.1 Å². The van der Waals surface area contributed by atoms with Crippen molar-refractivity contribution in [3.05, 3.63) is 72.2 Å². The van der Waals surface area contributed by atoms with Gasteiger partial charge in [0.1, 0.15) is 29.5 Å². The Morgan fingerprint density at radius 3 is 2.07 bits per heavy atom. The zero-order valence-corrected chi connectivity index (χ0v) is 35.2. The number of piperidine rings is 1. The molecule has 2 aromatic heterocycles. The third-order valence-corrected chi connectivity index (χ3v) is 12.9. The monoisotopic (exact) mass is 820 g/mol. The first-order valence-electron chi connectivity index (χ1n) is 20.8. The summed E-state index contributed by atoms with van der Waals surface area (Å²) < 4.78 is 25.6. The molecule has 316 valence electrons. The van der Waals surface area contributed by atoms with Crippen LogP contribution in [0.25, 0.3) is 44.2 Å². The molecule has 4 amide bonds. The van der Waals surface area contributed by atoms with E-state index in [9.17, 15) is 19.2 Å². The van der Waals surface area contributed by atoms with E-state index in [0.717, 1.165) is 40.2 Å². The number of amides is 4. The van der Waals surface area contributed by atoms with Crippen molar-refractivity contribution in [2.45, 2.75) is 97.1 Å². The summed E-state index contributed by atoms with van der Waals surface area (Å²) in [7, 11) is 2.56. The van der Waals surface area contributed by atoms with Gasteiger partial charge in [-0.05, 0) is 90.6 Å². The molecule has 14 nitrogen and oxygen atoms in total. The lowest BCUT2D eigenvalue weighted by atomic mass is 9.99. The van der Waals surface area contributed by atoms with Crippen molar-refractivity contribution in [1.29, 1.82) is 0 Å². The lowest BCUT2D eigenvalue weighted by molar-refractivity contribution is -0.138. The highest BCUT2D eigenvalue weighted by Gasteiger charge is 2.56. The van der Waals surface area contributed by atoms with Gasteiger partial charge in [-0.3, -0.25) is 9.59 Å². The number of H-pyrrole nitrogens is 2. The standard InChI is InChI=1S/C45H53FN8O6/c1-21(2)37(51-44(57)59-7)42(55)53-24(6)23(5)15-35(53)40-47-20-33(49-40)30-13-10-26(17-31(30)46)25-9-12-29-27(16-25)11-14-32-39(29)50-41(48-32)36-19-28-18-34(28)54(36)43(56)38(22(3)4)52-45(58)60-8/h9-14,16-17,20-24,28,34-38H,15,18-19H2,1-8H3,(H,47,49)(H,48,50)(H,51,57)(H,52,58)/t23?,24-,28-,34-,35?,36+,37+,38+/m1/s1. The number of ether oxygens (including phenoxy) is 2. The Hall–Kier alpha value is -5.99. The molecule has 15 heteroatoms. The Kier molecular flexibility index (Phi) is 10.8. The van der Waals surface area contributed by atoms with Crippen LogP contribution in [0.15, 0.2) is 54.7 Å². The number of fused-ring (bicyclic) bond motifs is 4. The Bertz CT molecular complexity index is 2480. The molecule has 4 heterocycles. The number of hydrogen-bond donors (Lipinski definition) is 4. The van der Waals surface area contributed by atoms with Crippen molar-refractivity contribution in [1.82, 2.24) is 40.4 Å². The second kappa shape index (κ2) is 15.9. The molecule has 1 aliphatic carbocycles. The molecule has 2 unspecified atom stereocenters. The maximum atomic E-state index is 16.0. The highest BCUT2D eigenvalue weighted by molar-refractivity contribution is 6.05. The van der Waals surface area contributed by atoms with Crippen LogP contribution < -0.4 is 10.6 Å². The quantitative estimate of drug-likeness (QED) is 0.111. The fourth-order valence-corrected chi connectivity index (χ4v) is 9.28. The first-order valence-corrected chi connectivity index (χ1v) is 20.8. The number of imidazole rings is 2. The van der Waals surface area contributed by atoms with Gasteiger partial charge in [-0.25, -0.2) is 23.9 Å². The van der Waals surface area contributed by atoms with Gasteiger partial charge in [-0.1, -0.05) is 58.9 Å². The second-order valence-corrected chi connectivity index (χ2v) is 17.4. The molecule has 0 radical (unpaired) electrons. The SMILES string of the molecule is COC(=O)N[C@H](C(=O)N1C(c2ncc(-c3ccc(-c4ccc5c(ccc6nc([C@@H]7C[C@H]8C[C@H]8N7C(=O)[C@@H](NC(=O)OC)C(C)C)[nH]c65)c4)cc3F)[nH]2)CC(C)[C@H]1C)C(C)C. The number of nitrogens with one attached hydrogen (secondary N) is 4. The van der Waals surface area contributed by atoms with Gasteiger partial charge in [-0.2, -0.15) is 0 Å². The number of aromatic nitrogens is 4. The first-order chi connectivity index (χ1) is 28.7. The molecule has 8 rings (SSSR count). The summed E-state index contributed by atoms with van der Waals surface area (Å²) in [6.45, 7) is 11.6. The average molecular weight is 821 g/mol. The van der Waals surface area contributed by atoms with Crippen LogP contribution in [0.2, 0.25) is 0 Å². The van der Waals surface area contributed by atoms with Crippen molar-refractivity contribution in [3.63, 3.8) is 0 Å². The molecule has 0 spiro atoms. The lowest BCUT2D eigenvalue weighted by Gasteiger charge is -2.33. The minimum atomic E-state index is -0.780. The van der Waals surface area contributed by atoms with Crippen molar-refractivity contribution in [3.8, 4) is 22.4 Å². The number of benzene rings is 3. The smallest absolute Gasteiger partial charge is 0.407 e. The van der Waals surface area contributed by atoms with E-state index in [1.165, 1.54) is 20.3 Å². The molecule has 3 aromatic carbocycles. The Balaban J connectivity index is 1.02. The minimum Gasteiger partial charge on any atom is -0.453 e. The second-order valence-electron chi connectivity index (χ2n) is 17.4. The fourth-order valence-electron chi connectivity index (χ4n) is 9.28. The van der Waals surface area contributed by atoms with Crippen LogP contribution in [0.4, 0.5) is 14.0 Å². The van der Waals surface area contributed by atoms with Crippen molar-refractivity contribution < 1.29 is 33.0 Å². The predicted octanol–water partition coefficient (Wildman–Crippen LogP) is 7.63. The van der Waals surface area contributed by atoms with Gasteiger partial charge in [-0.15, -0.1) is 0 Å². The zero-order valence-electron chi connectivity index (χ0n) is 35.2. The zero-order chi connectivity index (χ0) is 42.7. The van der Waals surface area contributed by atoms with Crippen LogP contribution in [0.3, 0.4) is 0 Å². The summed E-state index contributed by atoms with van der Waals surface area (Å²) in [5.41, 5.74) is 4.04. The molecule has 2 saturated heterocycles. The summed E-state index contributed by atoms with van der Waals surface area (Å²) in [6.07, 6.45) is 2.70. The highest BCUT2D eigenvalue weighted by atomic mass is 19.1. The normalized spacial score (nSPS) is 23.2. The van der Waals surface area contributed by atoms with Crippen molar-refractivity contribution in [2.75, 3.05) is 14.2 Å². The first kappa shape index (κ1) is 40.8. The summed E-state index contributed by atoms with van der Waals surface area (Å²) in [4.78, 5) is 72.2. The average Bonchev–Trinajstić information content (AvgIpc) is 3.61. The number of hydrogen-bond acceptors (Lipinski definition) is 8. The summed E-state index contributed by atoms with van der Waals surface area (Å²) in [6, 6.07) is 13.0. The number of aromatic amines is 2. The van der Waals surface area contributed by atoms with E-state index in [2.05, 4.69) is 32.5 Å². The topological polar surface area (TPSA) is 175 Å². The maximum absolute atomic E-state index is 16.0. The third kappa shape index (κ3) is 7.32. The molecule has 3 fully saturated rings. The molecule has 3 aliphatic rings. The number of alkyl carbamates (subject to hydrolysis) is 2. The van der Waals surface area contributed by atoms with Gasteiger partial charge < -0.3 is 39.9 Å². The highest BCUT2D eigenvalue weighted by Crippen LogP contribution is 2.53. The van der Waals surface area contributed by atoms with E-state index in [1.54, 1.807) is 17.2 Å². The number of halogens is 1. The largest absolute Gasteiger partial charge is 0.453 e. The molecule has 60 heavy (non-hydrogen) atoms. The van der Waals surface area contributed by atoms with Gasteiger partial charge in [0.2, 0.25) is 11.8 Å². The van der Waals surface area contributed by atoms with E-state index >= 15 is 4.39 Å². The van der Waals surface area contributed by atoms with Crippen LogP contribution in [0, 0.1) is 29.5 Å². The summed E-state index contributed by atoms with van der Waals surface area (Å²) >= 11 is 0. The number of rotatable bonds is 10. The van der Waals surface area contributed by atoms with Crippen LogP contribution >= 0.6 is 0 Å². The van der Waals surface area contributed by atoms with Crippen LogP contribution in [0.5, 0.6) is 0 Å². The molecule has 4 N–H and O–H groups in total. The van der Waals surface area contributed by atoms with Gasteiger partial charge in [0.05, 0.1) is 49.2 Å². The predicted molar refractivity (Wildman–Crippen MR) is 224 cm³/mol. The van der Waals surface area contributed by atoms with Crippen LogP contribution in [0.1, 0.15) is 84.5 Å². The Labute approximate surface area is 348 Å². The molecule has 1 saturated carbocycles. The summed E-state index contributed by atoms with van der Waals surface area (Å²) in [5.74, 6) is 0.767. The molecular weight excluding hydrogens is 768 g/mol. The van der Waals surface area contributed by atoms with Crippen LogP contribution in [-0.2, 0) is 19.1 Å². The van der Waals surface area contributed by atoms with E-state index in [0.29, 0.717) is 40.8 Å². The number of likely N-dealkylation sites (tertiary alicyclic amines) is 2. The van der Waals surface area contributed by atoms with E-state index in [1.807, 2.05) is 75.9 Å². The van der Waals surface area contributed by atoms with Gasteiger partial charge in [0, 0.05) is 23.0 Å². The number of carbonyl (C=O) groups is 4. The molecular formula is C45H53FN8O6.